The van der Waals surface area contributed by atoms with Gasteiger partial charge in [-0.2, -0.15) is 0 Å². The van der Waals surface area contributed by atoms with Crippen LogP contribution in [-0.4, -0.2) is 35.7 Å². The zero-order valence-electron chi connectivity index (χ0n) is 13.8. The monoisotopic (exact) mass is 388 g/mol. The van der Waals surface area contributed by atoms with Gasteiger partial charge in [-0.1, -0.05) is 23.3 Å². The van der Waals surface area contributed by atoms with Crippen LogP contribution in [0.15, 0.2) is 57.8 Å². The lowest BCUT2D eigenvalue weighted by atomic mass is 10.1. The first-order valence-electron chi connectivity index (χ1n) is 7.44. The van der Waals surface area contributed by atoms with Crippen molar-refractivity contribution in [2.45, 2.75) is 4.90 Å². The molecule has 1 N–H and O–H groups in total. The number of sulfone groups is 1. The highest BCUT2D eigenvalue weighted by atomic mass is 32.2. The number of amides is 1. The number of benzene rings is 2. The lowest BCUT2D eigenvalue weighted by Gasteiger charge is -2.02. The van der Waals surface area contributed by atoms with Crippen molar-refractivity contribution in [1.29, 1.82) is 0 Å². The van der Waals surface area contributed by atoms with E-state index in [2.05, 4.69) is 15.5 Å². The molecule has 0 spiro atoms. The molecular formula is C16H12N4O6S. The van der Waals surface area contributed by atoms with Gasteiger partial charge in [0.2, 0.25) is 5.89 Å². The number of aromatic nitrogens is 2. The van der Waals surface area contributed by atoms with Gasteiger partial charge in [0.1, 0.15) is 5.56 Å². The maximum absolute atomic E-state index is 12.2. The molecule has 10 nitrogen and oxygen atoms in total. The molecule has 0 saturated carbocycles. The molecule has 0 unspecified atom stereocenters. The van der Waals surface area contributed by atoms with Gasteiger partial charge in [-0.25, -0.2) is 8.42 Å². The molecule has 3 aromatic rings. The van der Waals surface area contributed by atoms with Crippen molar-refractivity contribution < 1.29 is 22.6 Å². The van der Waals surface area contributed by atoms with Gasteiger partial charge in [0.15, 0.2) is 9.84 Å². The number of hydrogen-bond acceptors (Lipinski definition) is 8. The van der Waals surface area contributed by atoms with E-state index < -0.39 is 20.7 Å². The molecule has 0 aliphatic carbocycles. The van der Waals surface area contributed by atoms with Crippen LogP contribution in [0.4, 0.5) is 11.7 Å². The van der Waals surface area contributed by atoms with Crippen molar-refractivity contribution in [3.05, 3.63) is 64.2 Å². The van der Waals surface area contributed by atoms with Gasteiger partial charge in [-0.15, -0.1) is 5.10 Å². The Morgan fingerprint density at radius 3 is 2.59 bits per heavy atom. The van der Waals surface area contributed by atoms with Gasteiger partial charge in [0, 0.05) is 17.9 Å². The zero-order chi connectivity index (χ0) is 19.6. The van der Waals surface area contributed by atoms with Crippen LogP contribution in [0, 0.1) is 10.1 Å². The fraction of sp³-hybridized carbons (Fsp3) is 0.0625. The first-order valence-corrected chi connectivity index (χ1v) is 9.33. The second-order valence-corrected chi connectivity index (χ2v) is 7.46. The van der Waals surface area contributed by atoms with Crippen molar-refractivity contribution in [2.24, 2.45) is 0 Å². The van der Waals surface area contributed by atoms with E-state index in [-0.39, 0.29) is 28.1 Å². The summed E-state index contributed by atoms with van der Waals surface area (Å²) in [5.74, 6) is -0.805. The number of nitro benzene ring substituents is 1. The SMILES string of the molecule is CS(=O)(=O)c1cccc(-c2nnc(NC(=O)c3ccccc3[N+](=O)[O-])o2)c1. The largest absolute Gasteiger partial charge is 0.403 e. The Hall–Kier alpha value is -3.60. The Bertz CT molecular complexity index is 1140. The van der Waals surface area contributed by atoms with Crippen molar-refractivity contribution in [1.82, 2.24) is 10.2 Å². The summed E-state index contributed by atoms with van der Waals surface area (Å²) < 4.78 is 28.6. The van der Waals surface area contributed by atoms with Gasteiger partial charge in [-0.05, 0) is 24.3 Å². The molecule has 1 amide bonds. The Labute approximate surface area is 152 Å². The number of nitro groups is 1. The smallest absolute Gasteiger partial charge is 0.322 e. The fourth-order valence-corrected chi connectivity index (χ4v) is 2.91. The number of nitrogens with zero attached hydrogens (tertiary/aromatic N) is 3. The van der Waals surface area contributed by atoms with Gasteiger partial charge in [0.25, 0.3) is 11.6 Å². The average Bonchev–Trinajstić information content (AvgIpc) is 3.09. The van der Waals surface area contributed by atoms with Crippen molar-refractivity contribution in [3.8, 4) is 11.5 Å². The van der Waals surface area contributed by atoms with Gasteiger partial charge < -0.3 is 4.42 Å². The molecule has 1 aromatic heterocycles. The quantitative estimate of drug-likeness (QED) is 0.517. The number of nitrogens with one attached hydrogen (secondary N) is 1. The highest BCUT2D eigenvalue weighted by Gasteiger charge is 2.21. The van der Waals surface area contributed by atoms with Crippen LogP contribution in [-0.2, 0) is 9.84 Å². The summed E-state index contributed by atoms with van der Waals surface area (Å²) >= 11 is 0. The number of carbonyl (C=O) groups excluding carboxylic acids is 1. The van der Waals surface area contributed by atoms with E-state index in [4.69, 9.17) is 4.42 Å². The molecule has 0 atom stereocenters. The Balaban J connectivity index is 1.85. The molecule has 1 heterocycles. The van der Waals surface area contributed by atoms with Crippen LogP contribution in [0.5, 0.6) is 0 Å². The average molecular weight is 388 g/mol. The van der Waals surface area contributed by atoms with Crippen molar-refractivity contribution >= 4 is 27.4 Å². The van der Waals surface area contributed by atoms with Crippen LogP contribution in [0.3, 0.4) is 0 Å². The van der Waals surface area contributed by atoms with Gasteiger partial charge >= 0.3 is 6.01 Å². The number of para-hydroxylation sites is 1. The molecule has 0 saturated heterocycles. The standard InChI is InChI=1S/C16H12N4O6S/c1-27(24,25)11-6-4-5-10(9-11)15-18-19-16(26-15)17-14(21)12-7-2-3-8-13(12)20(22)23/h2-9H,1H3,(H,17,19,21). The number of carbonyl (C=O) groups is 1. The molecule has 0 bridgehead atoms. The molecule has 0 fully saturated rings. The van der Waals surface area contributed by atoms with Crippen LogP contribution < -0.4 is 5.32 Å². The van der Waals surface area contributed by atoms with E-state index in [1.807, 2.05) is 0 Å². The summed E-state index contributed by atoms with van der Waals surface area (Å²) in [6.45, 7) is 0. The Morgan fingerprint density at radius 2 is 1.89 bits per heavy atom. The minimum Gasteiger partial charge on any atom is -0.403 e. The maximum Gasteiger partial charge on any atom is 0.322 e. The van der Waals surface area contributed by atoms with Crippen molar-refractivity contribution in [3.63, 3.8) is 0 Å². The second kappa shape index (κ2) is 6.96. The minimum absolute atomic E-state index is 0.0154. The number of hydrogen-bond donors (Lipinski definition) is 1. The Morgan fingerprint density at radius 1 is 1.15 bits per heavy atom. The third-order valence-electron chi connectivity index (χ3n) is 3.50. The fourth-order valence-electron chi connectivity index (χ4n) is 2.24. The first-order chi connectivity index (χ1) is 12.8. The third kappa shape index (κ3) is 3.98. The lowest BCUT2D eigenvalue weighted by molar-refractivity contribution is -0.385. The zero-order valence-corrected chi connectivity index (χ0v) is 14.6. The highest BCUT2D eigenvalue weighted by molar-refractivity contribution is 7.90. The van der Waals surface area contributed by atoms with E-state index in [0.717, 1.165) is 6.26 Å². The predicted molar refractivity (Wildman–Crippen MR) is 93.9 cm³/mol. The Kier molecular flexibility index (Phi) is 4.69. The van der Waals surface area contributed by atoms with E-state index in [0.29, 0.717) is 5.56 Å². The summed E-state index contributed by atoms with van der Waals surface area (Å²) in [6, 6.07) is 11.0. The molecule has 0 aliphatic rings. The molecule has 27 heavy (non-hydrogen) atoms. The van der Waals surface area contributed by atoms with Crippen LogP contribution in [0.25, 0.3) is 11.5 Å². The lowest BCUT2D eigenvalue weighted by Crippen LogP contribution is -2.14. The maximum atomic E-state index is 12.2. The molecule has 0 radical (unpaired) electrons. The topological polar surface area (TPSA) is 145 Å². The summed E-state index contributed by atoms with van der Waals surface area (Å²) in [5.41, 5.74) is -0.187. The van der Waals surface area contributed by atoms with Crippen LogP contribution >= 0.6 is 0 Å². The summed E-state index contributed by atoms with van der Waals surface area (Å²) in [4.78, 5) is 22.7. The molecule has 3 rings (SSSR count). The first kappa shape index (κ1) is 18.2. The van der Waals surface area contributed by atoms with Gasteiger partial charge in [0.05, 0.1) is 9.82 Å². The summed E-state index contributed by atoms with van der Waals surface area (Å²) in [7, 11) is -3.42. The van der Waals surface area contributed by atoms with Crippen LogP contribution in [0.2, 0.25) is 0 Å². The summed E-state index contributed by atoms with van der Waals surface area (Å²) in [5, 5.41) is 20.7. The summed E-state index contributed by atoms with van der Waals surface area (Å²) in [6.07, 6.45) is 1.07. The molecule has 138 valence electrons. The van der Waals surface area contributed by atoms with E-state index >= 15 is 0 Å². The number of rotatable bonds is 5. The van der Waals surface area contributed by atoms with E-state index in [1.54, 1.807) is 6.07 Å². The number of anilines is 1. The molecule has 2 aromatic carbocycles. The predicted octanol–water partition coefficient (Wildman–Crippen LogP) is 2.30. The third-order valence-corrected chi connectivity index (χ3v) is 4.61. The van der Waals surface area contributed by atoms with Gasteiger partial charge in [-0.3, -0.25) is 20.2 Å². The minimum atomic E-state index is -3.42. The molecule has 0 aliphatic heterocycles. The van der Waals surface area contributed by atoms with Crippen LogP contribution in [0.1, 0.15) is 10.4 Å². The normalized spacial score (nSPS) is 11.1. The highest BCUT2D eigenvalue weighted by Crippen LogP contribution is 2.24. The molecule has 11 heteroatoms. The van der Waals surface area contributed by atoms with E-state index in [1.165, 1.54) is 42.5 Å². The second-order valence-electron chi connectivity index (χ2n) is 5.44. The van der Waals surface area contributed by atoms with E-state index in [9.17, 15) is 23.3 Å². The van der Waals surface area contributed by atoms with Crippen molar-refractivity contribution in [2.75, 3.05) is 11.6 Å². The molecular weight excluding hydrogens is 376 g/mol.